The topological polar surface area (TPSA) is 89.5 Å². The summed E-state index contributed by atoms with van der Waals surface area (Å²) < 4.78 is 33.2. The molecule has 2 aliphatic heterocycles. The molecule has 9 heteroatoms. The molecule has 132 valence electrons. The Morgan fingerprint density at radius 1 is 0.957 bits per heavy atom. The fourth-order valence-electron chi connectivity index (χ4n) is 2.38. The van der Waals surface area contributed by atoms with E-state index in [1.807, 2.05) is 0 Å². The van der Waals surface area contributed by atoms with Gasteiger partial charge >= 0.3 is 134 Å². The van der Waals surface area contributed by atoms with Crippen LogP contribution in [0.2, 0.25) is 0 Å². The average molecular weight is 350 g/mol. The molecule has 2 heterocycles. The van der Waals surface area contributed by atoms with Crippen LogP contribution in [0.4, 0.5) is 0 Å². The molecule has 2 fully saturated rings. The third-order valence-corrected chi connectivity index (χ3v) is 8.07. The first kappa shape index (κ1) is 18.3. The van der Waals surface area contributed by atoms with Gasteiger partial charge in [0.1, 0.15) is 0 Å². The third-order valence-electron chi connectivity index (χ3n) is 4.18. The van der Waals surface area contributed by atoms with Crippen molar-refractivity contribution in [3.05, 3.63) is 11.4 Å². The van der Waals surface area contributed by atoms with E-state index >= 15 is 0 Å². The minimum atomic E-state index is -4.49. The Morgan fingerprint density at radius 3 is 1.83 bits per heavy atom. The molecule has 0 aromatic carbocycles. The van der Waals surface area contributed by atoms with E-state index < -0.39 is 30.7 Å². The second-order valence-electron chi connectivity index (χ2n) is 6.23. The molecule has 0 amide bonds. The zero-order valence-corrected chi connectivity index (χ0v) is 15.1. The predicted molar refractivity (Wildman–Crippen MR) is 81.3 cm³/mol. The normalized spacial score (nSPS) is 28.8. The Bertz CT molecular complexity index is 539. The van der Waals surface area contributed by atoms with Crippen LogP contribution < -0.4 is 0 Å². The number of methoxy groups -OCH3 is 2. The predicted octanol–water partition coefficient (Wildman–Crippen LogP) is 2.08. The Kier molecular flexibility index (Phi) is 4.37. The Hall–Kier alpha value is -1.05. The second kappa shape index (κ2) is 5.50. The van der Waals surface area contributed by atoms with Crippen LogP contribution in [0.25, 0.3) is 0 Å². The van der Waals surface area contributed by atoms with Crippen molar-refractivity contribution in [2.75, 3.05) is 27.4 Å². The summed E-state index contributed by atoms with van der Waals surface area (Å²) in [5.74, 6) is -1.60. The van der Waals surface area contributed by atoms with Crippen molar-refractivity contribution < 1.29 is 37.2 Å². The molecule has 0 unspecified atom stereocenters. The maximum absolute atomic E-state index is 12.3. The summed E-state index contributed by atoms with van der Waals surface area (Å²) in [6, 6.07) is 0. The maximum atomic E-state index is 12.3. The first-order valence-electron chi connectivity index (χ1n) is 7.15. The summed E-state index contributed by atoms with van der Waals surface area (Å²) in [4.78, 5) is 24.1. The van der Waals surface area contributed by atoms with E-state index in [4.69, 9.17) is 22.8 Å². The van der Waals surface area contributed by atoms with E-state index in [9.17, 15) is 9.59 Å². The van der Waals surface area contributed by atoms with E-state index in [1.54, 1.807) is 27.7 Å². The van der Waals surface area contributed by atoms with Gasteiger partial charge in [0.2, 0.25) is 0 Å². The van der Waals surface area contributed by atoms with Crippen molar-refractivity contribution >= 4 is 19.4 Å². The second-order valence-corrected chi connectivity index (χ2v) is 9.21. The number of carbonyl (C=O) groups is 2. The fraction of sp³-hybridized carbons (Fsp3) is 0.714. The number of carbonyl (C=O) groups excluding carboxylic acids is 2. The van der Waals surface area contributed by atoms with Gasteiger partial charge in [-0.2, -0.15) is 0 Å². The minimum absolute atomic E-state index is 0.166. The van der Waals surface area contributed by atoms with E-state index in [1.165, 1.54) is 14.2 Å². The SMILES string of the molecule is COC(=O)/C=C(\C(=O)OC)P12(OCCO1)OC(C)(C)C(C)(C)O2. The van der Waals surface area contributed by atoms with Gasteiger partial charge in [0.05, 0.1) is 0 Å². The molecule has 0 aromatic heterocycles. The number of esters is 2. The molecule has 2 aliphatic rings. The molecule has 0 saturated carbocycles. The van der Waals surface area contributed by atoms with Crippen molar-refractivity contribution in [3.8, 4) is 0 Å². The summed E-state index contributed by atoms with van der Waals surface area (Å²) in [5.41, 5.74) is -1.67. The quantitative estimate of drug-likeness (QED) is 0.434. The van der Waals surface area contributed by atoms with E-state index in [0.717, 1.165) is 6.08 Å². The summed E-state index contributed by atoms with van der Waals surface area (Å²) in [6.45, 7) is 7.52. The monoisotopic (exact) mass is 350 g/mol. The van der Waals surface area contributed by atoms with Gasteiger partial charge in [0.25, 0.3) is 0 Å². The van der Waals surface area contributed by atoms with Crippen molar-refractivity contribution in [1.82, 2.24) is 0 Å². The molecule has 8 nitrogen and oxygen atoms in total. The summed E-state index contributed by atoms with van der Waals surface area (Å²) >= 11 is 0. The van der Waals surface area contributed by atoms with Gasteiger partial charge in [-0.25, -0.2) is 0 Å². The van der Waals surface area contributed by atoms with E-state index in [0.29, 0.717) is 0 Å². The molecule has 1 spiro atoms. The number of hydrogen-bond acceptors (Lipinski definition) is 8. The molecule has 0 atom stereocenters. The molecule has 2 saturated heterocycles. The summed E-state index contributed by atoms with van der Waals surface area (Å²) in [5, 5.41) is -0.235. The van der Waals surface area contributed by atoms with Crippen LogP contribution in [0.1, 0.15) is 27.7 Å². The van der Waals surface area contributed by atoms with Crippen LogP contribution in [-0.2, 0) is 37.2 Å². The Balaban J connectivity index is 2.67. The molecular formula is C14H23O8P. The molecule has 2 rings (SSSR count). The van der Waals surface area contributed by atoms with Crippen LogP contribution in [0.15, 0.2) is 11.4 Å². The van der Waals surface area contributed by atoms with Crippen LogP contribution >= 0.6 is 7.51 Å². The van der Waals surface area contributed by atoms with Crippen LogP contribution in [-0.4, -0.2) is 50.6 Å². The molecular weight excluding hydrogens is 327 g/mol. The first-order valence-corrected chi connectivity index (χ1v) is 9.06. The Labute approximate surface area is 135 Å². The molecule has 0 radical (unpaired) electrons. The van der Waals surface area contributed by atoms with Gasteiger partial charge in [0.15, 0.2) is 0 Å². The number of hydrogen-bond donors (Lipinski definition) is 0. The van der Waals surface area contributed by atoms with Crippen molar-refractivity contribution in [2.24, 2.45) is 0 Å². The van der Waals surface area contributed by atoms with Gasteiger partial charge in [-0.3, -0.25) is 0 Å². The van der Waals surface area contributed by atoms with Crippen molar-refractivity contribution in [1.29, 1.82) is 0 Å². The van der Waals surface area contributed by atoms with Gasteiger partial charge < -0.3 is 0 Å². The van der Waals surface area contributed by atoms with Crippen LogP contribution in [0.3, 0.4) is 0 Å². The van der Waals surface area contributed by atoms with Crippen molar-refractivity contribution in [2.45, 2.75) is 38.9 Å². The van der Waals surface area contributed by atoms with Crippen molar-refractivity contribution in [3.63, 3.8) is 0 Å². The van der Waals surface area contributed by atoms with Gasteiger partial charge in [-0.1, -0.05) is 0 Å². The summed E-state index contributed by atoms with van der Waals surface area (Å²) in [7, 11) is -2.12. The Morgan fingerprint density at radius 2 is 1.43 bits per heavy atom. The third kappa shape index (κ3) is 2.68. The molecule has 0 bridgehead atoms. The van der Waals surface area contributed by atoms with Crippen LogP contribution in [0.5, 0.6) is 0 Å². The molecule has 23 heavy (non-hydrogen) atoms. The van der Waals surface area contributed by atoms with Gasteiger partial charge in [0, 0.05) is 0 Å². The first-order chi connectivity index (χ1) is 10.5. The van der Waals surface area contributed by atoms with Crippen LogP contribution in [0, 0.1) is 0 Å². The molecule has 0 aromatic rings. The van der Waals surface area contributed by atoms with Gasteiger partial charge in [-0.05, 0) is 0 Å². The van der Waals surface area contributed by atoms with E-state index in [2.05, 4.69) is 4.74 Å². The number of rotatable bonds is 3. The van der Waals surface area contributed by atoms with Gasteiger partial charge in [-0.15, -0.1) is 0 Å². The summed E-state index contributed by atoms with van der Waals surface area (Å²) in [6.07, 6.45) is 0.951. The zero-order valence-electron chi connectivity index (χ0n) is 14.2. The van der Waals surface area contributed by atoms with E-state index in [-0.39, 0.29) is 18.5 Å². The molecule has 0 aliphatic carbocycles. The number of ether oxygens (including phenoxy) is 2. The fourth-order valence-corrected chi connectivity index (χ4v) is 6.68. The standard InChI is InChI=1S/C14H23O8P/c1-13(2)14(3,4)22-23(21-13,19-7-8-20-23)10(12(16)18-6)9-11(15)17-5/h9H,7-8H2,1-6H3/b10-9+. The average Bonchev–Trinajstić information content (AvgIpc) is 2.93. The molecule has 0 N–H and O–H groups in total. The zero-order chi connectivity index (χ0) is 17.5.